The highest BCUT2D eigenvalue weighted by molar-refractivity contribution is 5.67. The minimum Gasteiger partial charge on any atom is -0.481 e. The van der Waals surface area contributed by atoms with Crippen LogP contribution in [0.4, 0.5) is 5.69 Å². The molecule has 0 spiro atoms. The third-order valence-corrected chi connectivity index (χ3v) is 1.97. The van der Waals surface area contributed by atoms with Crippen LogP contribution in [0, 0.1) is 0 Å². The summed E-state index contributed by atoms with van der Waals surface area (Å²) >= 11 is 0. The Labute approximate surface area is 82.5 Å². The van der Waals surface area contributed by atoms with Gasteiger partial charge in [-0.15, -0.1) is 0 Å². The molecule has 0 saturated carbocycles. The van der Waals surface area contributed by atoms with Crippen LogP contribution in [0.5, 0.6) is 0 Å². The van der Waals surface area contributed by atoms with Gasteiger partial charge in [0, 0.05) is 11.7 Å². The monoisotopic (exact) mass is 194 g/mol. The molecule has 1 atom stereocenters. The van der Waals surface area contributed by atoms with Crippen LogP contribution >= 0.6 is 0 Å². The van der Waals surface area contributed by atoms with Crippen molar-refractivity contribution in [2.24, 2.45) is 5.73 Å². The van der Waals surface area contributed by atoms with Crippen molar-refractivity contribution in [3.05, 3.63) is 29.8 Å². The number of para-hydroxylation sites is 1. The normalized spacial score (nSPS) is 12.4. The molecule has 0 radical (unpaired) electrons. The summed E-state index contributed by atoms with van der Waals surface area (Å²) in [7, 11) is 0. The number of hydrogen-bond donors (Lipinski definition) is 3. The predicted molar refractivity (Wildman–Crippen MR) is 54.8 cm³/mol. The number of anilines is 1. The molecule has 0 heterocycles. The van der Waals surface area contributed by atoms with E-state index in [0.29, 0.717) is 12.1 Å². The minimum atomic E-state index is -0.882. The van der Waals surface area contributed by atoms with Crippen LogP contribution in [0.1, 0.15) is 12.0 Å². The molecule has 0 fully saturated rings. The van der Waals surface area contributed by atoms with Crippen molar-refractivity contribution < 1.29 is 9.90 Å². The van der Waals surface area contributed by atoms with Gasteiger partial charge in [0.25, 0.3) is 0 Å². The fourth-order valence-corrected chi connectivity index (χ4v) is 1.30. The lowest BCUT2D eigenvalue weighted by Crippen LogP contribution is -2.26. The molecule has 0 amide bonds. The zero-order chi connectivity index (χ0) is 10.6. The molecule has 76 valence electrons. The van der Waals surface area contributed by atoms with Crippen molar-refractivity contribution in [1.82, 2.24) is 0 Å². The van der Waals surface area contributed by atoms with Gasteiger partial charge in [0.05, 0.1) is 6.42 Å². The maximum absolute atomic E-state index is 10.4. The fraction of sp³-hybridized carbons (Fsp3) is 0.300. The highest BCUT2D eigenvalue weighted by Crippen LogP contribution is 2.12. The molecule has 4 nitrogen and oxygen atoms in total. The summed E-state index contributed by atoms with van der Waals surface area (Å²) in [6.07, 6.45) is 0.466. The molecule has 14 heavy (non-hydrogen) atoms. The van der Waals surface area contributed by atoms with E-state index >= 15 is 0 Å². The Hall–Kier alpha value is -1.55. The smallest absolute Gasteiger partial charge is 0.304 e. The molecule has 1 aromatic rings. The zero-order valence-corrected chi connectivity index (χ0v) is 7.81. The first kappa shape index (κ1) is 10.5. The quantitative estimate of drug-likeness (QED) is 0.613. The lowest BCUT2D eigenvalue weighted by atomic mass is 10.0. The van der Waals surface area contributed by atoms with Crippen LogP contribution < -0.4 is 11.5 Å². The van der Waals surface area contributed by atoms with Gasteiger partial charge in [-0.25, -0.2) is 0 Å². The van der Waals surface area contributed by atoms with Crippen molar-refractivity contribution in [3.63, 3.8) is 0 Å². The second-order valence-corrected chi connectivity index (χ2v) is 3.26. The lowest BCUT2D eigenvalue weighted by molar-refractivity contribution is -0.137. The third kappa shape index (κ3) is 3.06. The fourth-order valence-electron chi connectivity index (χ4n) is 1.30. The van der Waals surface area contributed by atoms with Gasteiger partial charge in [0.1, 0.15) is 0 Å². The molecule has 0 aliphatic rings. The number of carboxylic acid groups (broad SMARTS) is 1. The lowest BCUT2D eigenvalue weighted by Gasteiger charge is -2.10. The summed E-state index contributed by atoms with van der Waals surface area (Å²) in [5.74, 6) is -0.882. The standard InChI is InChI=1S/C10H14N2O2/c11-8(6-10(13)14)5-7-3-1-2-4-9(7)12/h1-4,8H,5-6,11-12H2,(H,13,14)/t8-/m0/s1. The molecule has 4 heteroatoms. The number of aliphatic carboxylic acids is 1. The van der Waals surface area contributed by atoms with Crippen LogP contribution in [-0.2, 0) is 11.2 Å². The number of carboxylic acids is 1. The maximum Gasteiger partial charge on any atom is 0.304 e. The molecule has 0 unspecified atom stereocenters. The van der Waals surface area contributed by atoms with Gasteiger partial charge >= 0.3 is 5.97 Å². The predicted octanol–water partition coefficient (Wildman–Crippen LogP) is 0.613. The first-order valence-corrected chi connectivity index (χ1v) is 4.40. The summed E-state index contributed by atoms with van der Waals surface area (Å²) in [6, 6.07) is 6.96. The molecule has 5 N–H and O–H groups in total. The Balaban J connectivity index is 2.60. The van der Waals surface area contributed by atoms with E-state index in [0.717, 1.165) is 5.56 Å². The zero-order valence-electron chi connectivity index (χ0n) is 7.81. The molecule has 1 aromatic carbocycles. The number of hydrogen-bond acceptors (Lipinski definition) is 3. The minimum absolute atomic E-state index is 0.0334. The van der Waals surface area contributed by atoms with E-state index in [1.165, 1.54) is 0 Å². The molecule has 0 bridgehead atoms. The van der Waals surface area contributed by atoms with Gasteiger partial charge in [-0.1, -0.05) is 18.2 Å². The number of nitrogens with two attached hydrogens (primary N) is 2. The van der Waals surface area contributed by atoms with Crippen molar-refractivity contribution in [3.8, 4) is 0 Å². The maximum atomic E-state index is 10.4. The van der Waals surface area contributed by atoms with Gasteiger partial charge in [-0.3, -0.25) is 4.79 Å². The Morgan fingerprint density at radius 3 is 2.64 bits per heavy atom. The molecule has 0 saturated heterocycles. The van der Waals surface area contributed by atoms with Gasteiger partial charge in [0.2, 0.25) is 0 Å². The Morgan fingerprint density at radius 2 is 2.07 bits per heavy atom. The average molecular weight is 194 g/mol. The van der Waals surface area contributed by atoms with E-state index in [2.05, 4.69) is 0 Å². The van der Waals surface area contributed by atoms with Crippen molar-refractivity contribution in [1.29, 1.82) is 0 Å². The van der Waals surface area contributed by atoms with Crippen LogP contribution in [0.3, 0.4) is 0 Å². The van der Waals surface area contributed by atoms with E-state index in [-0.39, 0.29) is 12.5 Å². The Bertz CT molecular complexity index is 326. The van der Waals surface area contributed by atoms with Gasteiger partial charge in [0.15, 0.2) is 0 Å². The number of benzene rings is 1. The first-order valence-electron chi connectivity index (χ1n) is 4.40. The Kier molecular flexibility index (Phi) is 3.48. The second kappa shape index (κ2) is 4.62. The highest BCUT2D eigenvalue weighted by atomic mass is 16.4. The molecular formula is C10H14N2O2. The topological polar surface area (TPSA) is 89.3 Å². The summed E-state index contributed by atoms with van der Waals surface area (Å²) in [6.45, 7) is 0. The summed E-state index contributed by atoms with van der Waals surface area (Å²) in [5, 5.41) is 8.52. The number of rotatable bonds is 4. The molecule has 0 aliphatic carbocycles. The molecule has 0 aliphatic heterocycles. The summed E-state index contributed by atoms with van der Waals surface area (Å²) in [5.41, 5.74) is 12.9. The number of carbonyl (C=O) groups is 1. The number of nitrogen functional groups attached to an aromatic ring is 1. The van der Waals surface area contributed by atoms with E-state index in [4.69, 9.17) is 16.6 Å². The highest BCUT2D eigenvalue weighted by Gasteiger charge is 2.09. The molecule has 0 aromatic heterocycles. The van der Waals surface area contributed by atoms with Crippen LogP contribution in [0.2, 0.25) is 0 Å². The first-order chi connectivity index (χ1) is 6.59. The molecule has 1 rings (SSSR count). The second-order valence-electron chi connectivity index (χ2n) is 3.26. The van der Waals surface area contributed by atoms with Crippen LogP contribution in [-0.4, -0.2) is 17.1 Å². The molecular weight excluding hydrogens is 180 g/mol. The average Bonchev–Trinajstić information content (AvgIpc) is 2.07. The SMILES string of the molecule is Nc1ccccc1C[C@H](N)CC(=O)O. The van der Waals surface area contributed by atoms with Crippen molar-refractivity contribution in [2.75, 3.05) is 5.73 Å². The van der Waals surface area contributed by atoms with Gasteiger partial charge in [-0.05, 0) is 18.1 Å². The summed E-state index contributed by atoms with van der Waals surface area (Å²) < 4.78 is 0. The van der Waals surface area contributed by atoms with E-state index < -0.39 is 5.97 Å². The third-order valence-electron chi connectivity index (χ3n) is 1.97. The van der Waals surface area contributed by atoms with Crippen LogP contribution in [0.15, 0.2) is 24.3 Å². The van der Waals surface area contributed by atoms with Gasteiger partial charge < -0.3 is 16.6 Å². The summed E-state index contributed by atoms with van der Waals surface area (Å²) in [4.78, 5) is 10.4. The van der Waals surface area contributed by atoms with Crippen molar-refractivity contribution in [2.45, 2.75) is 18.9 Å². The Morgan fingerprint density at radius 1 is 1.43 bits per heavy atom. The largest absolute Gasteiger partial charge is 0.481 e. The van der Waals surface area contributed by atoms with E-state index in [1.807, 2.05) is 18.2 Å². The van der Waals surface area contributed by atoms with Crippen molar-refractivity contribution >= 4 is 11.7 Å². The van der Waals surface area contributed by atoms with E-state index in [1.54, 1.807) is 6.07 Å². The van der Waals surface area contributed by atoms with Gasteiger partial charge in [-0.2, -0.15) is 0 Å². The van der Waals surface area contributed by atoms with Crippen LogP contribution in [0.25, 0.3) is 0 Å². The van der Waals surface area contributed by atoms with E-state index in [9.17, 15) is 4.79 Å².